The Hall–Kier alpha value is -1.26. The Labute approximate surface area is 193 Å². The molecule has 9 heteroatoms. The van der Waals surface area contributed by atoms with Crippen molar-refractivity contribution in [1.82, 2.24) is 10.6 Å². The summed E-state index contributed by atoms with van der Waals surface area (Å²) in [6, 6.07) is -0.594. The van der Waals surface area contributed by atoms with Crippen LogP contribution in [-0.4, -0.2) is 70.0 Å². The first-order chi connectivity index (χ1) is 14.7. The fourth-order valence-electron chi connectivity index (χ4n) is 3.79. The summed E-state index contributed by atoms with van der Waals surface area (Å²) >= 11 is 0. The molecule has 184 valence electrons. The first-order valence-corrected chi connectivity index (χ1v) is 14.4. The van der Waals surface area contributed by atoms with E-state index in [9.17, 15) is 9.59 Å². The van der Waals surface area contributed by atoms with Crippen LogP contribution in [0.2, 0.25) is 18.1 Å². The molecule has 5 atom stereocenters. The summed E-state index contributed by atoms with van der Waals surface area (Å²) in [6.45, 7) is 18.8. The van der Waals surface area contributed by atoms with Crippen molar-refractivity contribution >= 4 is 20.1 Å². The standard InChI is InChI=1S/C23H42N2O6Si/c1-10-16-17(30-23(5,6)29-16)18(31-32(8,9)22(2,3)4)19(28-7)21(27)25-15-13-11-12-14-24-20(15)26/h10,15-19H,1,11-14H2,2-9H3,(H,24,26)(H,25,27)/t15-,16+,17-,18+,19+/m0/s1. The minimum atomic E-state index is -2.33. The van der Waals surface area contributed by atoms with Gasteiger partial charge in [0.25, 0.3) is 5.91 Å². The maximum absolute atomic E-state index is 13.4. The van der Waals surface area contributed by atoms with Gasteiger partial charge in [0.2, 0.25) is 5.91 Å². The van der Waals surface area contributed by atoms with Crippen LogP contribution in [0.1, 0.15) is 53.9 Å². The van der Waals surface area contributed by atoms with E-state index in [2.05, 4.69) is 51.1 Å². The average molecular weight is 471 g/mol. The van der Waals surface area contributed by atoms with E-state index < -0.39 is 50.5 Å². The number of hydrogen-bond donors (Lipinski definition) is 2. The number of methoxy groups -OCH3 is 1. The molecule has 0 spiro atoms. The maximum atomic E-state index is 13.4. The van der Waals surface area contributed by atoms with Crippen LogP contribution >= 0.6 is 0 Å². The first-order valence-electron chi connectivity index (χ1n) is 11.5. The van der Waals surface area contributed by atoms with Crippen molar-refractivity contribution in [3.8, 4) is 0 Å². The average Bonchev–Trinajstić information content (AvgIpc) is 2.85. The van der Waals surface area contributed by atoms with E-state index in [4.69, 9.17) is 18.6 Å². The van der Waals surface area contributed by atoms with Gasteiger partial charge in [0.1, 0.15) is 24.4 Å². The summed E-state index contributed by atoms with van der Waals surface area (Å²) in [5, 5.41) is 5.63. The molecule has 32 heavy (non-hydrogen) atoms. The first kappa shape index (κ1) is 27.0. The minimum Gasteiger partial charge on any atom is -0.408 e. The molecular formula is C23H42N2O6Si. The molecule has 0 radical (unpaired) electrons. The largest absolute Gasteiger partial charge is 0.408 e. The summed E-state index contributed by atoms with van der Waals surface area (Å²) in [6.07, 6.45) is 1.24. The molecule has 2 N–H and O–H groups in total. The van der Waals surface area contributed by atoms with Crippen LogP contribution in [0.4, 0.5) is 0 Å². The number of amides is 2. The molecular weight excluding hydrogens is 428 g/mol. The zero-order valence-corrected chi connectivity index (χ0v) is 21.9. The van der Waals surface area contributed by atoms with Gasteiger partial charge >= 0.3 is 0 Å². The van der Waals surface area contributed by atoms with E-state index in [1.807, 2.05) is 13.8 Å². The predicted octanol–water partition coefficient (Wildman–Crippen LogP) is 2.88. The van der Waals surface area contributed by atoms with E-state index in [0.717, 1.165) is 12.8 Å². The molecule has 2 fully saturated rings. The molecule has 2 saturated heterocycles. The number of hydrogen-bond acceptors (Lipinski definition) is 6. The highest BCUT2D eigenvalue weighted by molar-refractivity contribution is 6.74. The topological polar surface area (TPSA) is 95.1 Å². The summed E-state index contributed by atoms with van der Waals surface area (Å²) in [4.78, 5) is 25.8. The molecule has 0 bridgehead atoms. The van der Waals surface area contributed by atoms with Crippen molar-refractivity contribution in [3.63, 3.8) is 0 Å². The molecule has 0 aromatic heterocycles. The Kier molecular flexibility index (Phi) is 8.72. The second-order valence-corrected chi connectivity index (χ2v) is 15.4. The van der Waals surface area contributed by atoms with Crippen molar-refractivity contribution in [2.75, 3.05) is 13.7 Å². The number of carbonyl (C=O) groups excluding carboxylic acids is 2. The summed E-state index contributed by atoms with van der Waals surface area (Å²) < 4.78 is 24.6. The van der Waals surface area contributed by atoms with Gasteiger partial charge < -0.3 is 29.3 Å². The Morgan fingerprint density at radius 3 is 2.53 bits per heavy atom. The third kappa shape index (κ3) is 6.41. The smallest absolute Gasteiger partial charge is 0.252 e. The summed E-state index contributed by atoms with van der Waals surface area (Å²) in [5.41, 5.74) is 0. The van der Waals surface area contributed by atoms with Crippen LogP contribution in [0.3, 0.4) is 0 Å². The molecule has 8 nitrogen and oxygen atoms in total. The van der Waals surface area contributed by atoms with E-state index in [1.54, 1.807) is 6.08 Å². The second kappa shape index (κ2) is 10.3. The lowest BCUT2D eigenvalue weighted by molar-refractivity contribution is -0.167. The monoisotopic (exact) mass is 470 g/mol. The molecule has 0 unspecified atom stereocenters. The van der Waals surface area contributed by atoms with E-state index in [1.165, 1.54) is 7.11 Å². The summed E-state index contributed by atoms with van der Waals surface area (Å²) in [5.74, 6) is -1.42. The van der Waals surface area contributed by atoms with Gasteiger partial charge in [-0.25, -0.2) is 0 Å². The van der Waals surface area contributed by atoms with Crippen molar-refractivity contribution in [2.24, 2.45) is 0 Å². The van der Waals surface area contributed by atoms with Crippen LogP contribution in [0.25, 0.3) is 0 Å². The van der Waals surface area contributed by atoms with E-state index in [-0.39, 0.29) is 10.9 Å². The molecule has 0 aromatic rings. The Balaban J connectivity index is 2.35. The van der Waals surface area contributed by atoms with Crippen molar-refractivity contribution in [2.45, 2.75) is 108 Å². The van der Waals surface area contributed by atoms with Crippen molar-refractivity contribution in [3.05, 3.63) is 12.7 Å². The van der Waals surface area contributed by atoms with E-state index >= 15 is 0 Å². The van der Waals surface area contributed by atoms with Gasteiger partial charge in [0.05, 0.1) is 0 Å². The molecule has 0 saturated carbocycles. The third-order valence-electron chi connectivity index (χ3n) is 6.62. The fraction of sp³-hybridized carbons (Fsp3) is 0.826. The number of nitrogens with one attached hydrogen (secondary N) is 2. The lowest BCUT2D eigenvalue weighted by atomic mass is 10.0. The Morgan fingerprint density at radius 1 is 1.31 bits per heavy atom. The van der Waals surface area contributed by atoms with Crippen LogP contribution in [0, 0.1) is 0 Å². The van der Waals surface area contributed by atoms with E-state index in [0.29, 0.717) is 13.0 Å². The molecule has 0 aliphatic carbocycles. The van der Waals surface area contributed by atoms with Gasteiger partial charge in [-0.15, -0.1) is 6.58 Å². The lowest BCUT2D eigenvalue weighted by Gasteiger charge is -2.42. The molecule has 2 aliphatic heterocycles. The highest BCUT2D eigenvalue weighted by Crippen LogP contribution is 2.41. The quantitative estimate of drug-likeness (QED) is 0.418. The molecule has 0 aromatic carbocycles. The van der Waals surface area contributed by atoms with Gasteiger partial charge in [0.15, 0.2) is 20.2 Å². The normalized spacial score (nSPS) is 28.4. The number of ether oxygens (including phenoxy) is 3. The zero-order valence-electron chi connectivity index (χ0n) is 20.9. The minimum absolute atomic E-state index is 0.0974. The van der Waals surface area contributed by atoms with Crippen molar-refractivity contribution in [1.29, 1.82) is 0 Å². The van der Waals surface area contributed by atoms with Crippen LogP contribution in [0.15, 0.2) is 12.7 Å². The zero-order chi connectivity index (χ0) is 24.3. The third-order valence-corrected chi connectivity index (χ3v) is 11.1. The Morgan fingerprint density at radius 2 is 1.97 bits per heavy atom. The SMILES string of the molecule is C=C[C@H]1OC(C)(C)O[C@@H]1[C@@H](O[Si](C)(C)C(C)(C)C)[C@@H](OC)C(=O)N[C@H]1CCCCNC1=O. The molecule has 2 aliphatic rings. The van der Waals surface area contributed by atoms with Crippen LogP contribution < -0.4 is 10.6 Å². The Bertz CT molecular complexity index is 690. The van der Waals surface area contributed by atoms with Gasteiger partial charge in [-0.05, 0) is 51.2 Å². The van der Waals surface area contributed by atoms with Crippen LogP contribution in [-0.2, 0) is 28.2 Å². The highest BCUT2D eigenvalue weighted by atomic mass is 28.4. The van der Waals surface area contributed by atoms with Gasteiger partial charge in [0, 0.05) is 13.7 Å². The highest BCUT2D eigenvalue weighted by Gasteiger charge is 2.52. The van der Waals surface area contributed by atoms with Crippen molar-refractivity contribution < 1.29 is 28.2 Å². The van der Waals surface area contributed by atoms with Gasteiger partial charge in [-0.3, -0.25) is 9.59 Å². The molecule has 2 heterocycles. The summed E-state index contributed by atoms with van der Waals surface area (Å²) in [7, 11) is -0.857. The molecule has 2 rings (SSSR count). The lowest BCUT2D eigenvalue weighted by Crippen LogP contribution is -2.59. The fourth-order valence-corrected chi connectivity index (χ4v) is 5.08. The molecule has 2 amide bonds. The second-order valence-electron chi connectivity index (χ2n) is 10.6. The van der Waals surface area contributed by atoms with Gasteiger partial charge in [-0.2, -0.15) is 0 Å². The number of carbonyl (C=O) groups is 2. The van der Waals surface area contributed by atoms with Gasteiger partial charge in [-0.1, -0.05) is 26.8 Å². The van der Waals surface area contributed by atoms with Crippen LogP contribution in [0.5, 0.6) is 0 Å². The maximum Gasteiger partial charge on any atom is 0.252 e. The number of rotatable bonds is 8. The predicted molar refractivity (Wildman–Crippen MR) is 126 cm³/mol.